The van der Waals surface area contributed by atoms with E-state index in [9.17, 15) is 23.5 Å². The molecule has 0 aromatic carbocycles. The Hall–Kier alpha value is -2.93. The van der Waals surface area contributed by atoms with Crippen molar-refractivity contribution in [1.82, 2.24) is 20.2 Å². The quantitative estimate of drug-likeness (QED) is 0.396. The lowest BCUT2D eigenvalue weighted by Gasteiger charge is -2.22. The second-order valence-electron chi connectivity index (χ2n) is 9.75. The summed E-state index contributed by atoms with van der Waals surface area (Å²) in [5.74, 6) is -0.0379. The first-order valence-corrected chi connectivity index (χ1v) is 12.6. The molecule has 3 N–H and O–H groups in total. The molecule has 0 bridgehead atoms. The minimum atomic E-state index is -2.89. The van der Waals surface area contributed by atoms with Gasteiger partial charge in [-0.2, -0.15) is 13.8 Å². The SMILES string of the molecule is CC(C)OC(=O)N1CC[C@H](NC(=O)c2cnc(N[C@@H](C)COC(F)F)nc2N=CC2CCC(O)CC2)C1. The van der Waals surface area contributed by atoms with E-state index in [-0.39, 0.29) is 48.1 Å². The minimum absolute atomic E-state index is 0.122. The summed E-state index contributed by atoms with van der Waals surface area (Å²) >= 11 is 0. The molecule has 2 heterocycles. The first kappa shape index (κ1) is 28.6. The molecule has 0 unspecified atom stereocenters. The maximum absolute atomic E-state index is 13.1. The van der Waals surface area contributed by atoms with E-state index in [1.807, 2.05) is 0 Å². The van der Waals surface area contributed by atoms with Crippen molar-refractivity contribution in [2.45, 2.75) is 83.8 Å². The van der Waals surface area contributed by atoms with E-state index in [1.165, 1.54) is 6.20 Å². The molecule has 0 radical (unpaired) electrons. The number of ether oxygens (including phenoxy) is 2. The van der Waals surface area contributed by atoms with Gasteiger partial charge in [-0.05, 0) is 58.8 Å². The van der Waals surface area contributed by atoms with Gasteiger partial charge in [0.2, 0.25) is 5.95 Å². The fourth-order valence-corrected chi connectivity index (χ4v) is 4.19. The summed E-state index contributed by atoms with van der Waals surface area (Å²) in [4.78, 5) is 39.8. The Kier molecular flexibility index (Phi) is 10.5. The fourth-order valence-electron chi connectivity index (χ4n) is 4.19. The number of aliphatic hydroxyl groups is 1. The second-order valence-corrected chi connectivity index (χ2v) is 9.75. The van der Waals surface area contributed by atoms with Gasteiger partial charge in [-0.1, -0.05) is 0 Å². The summed E-state index contributed by atoms with van der Waals surface area (Å²) in [5.41, 5.74) is 0.150. The van der Waals surface area contributed by atoms with E-state index >= 15 is 0 Å². The van der Waals surface area contributed by atoms with Crippen LogP contribution in [0.5, 0.6) is 0 Å². The summed E-state index contributed by atoms with van der Waals surface area (Å²) < 4.78 is 34.2. The molecule has 1 aliphatic heterocycles. The Bertz CT molecular complexity index is 942. The number of halogens is 2. The Morgan fingerprint density at radius 2 is 1.97 bits per heavy atom. The van der Waals surface area contributed by atoms with Crippen LogP contribution in [0.4, 0.5) is 25.3 Å². The molecule has 11 nitrogen and oxygen atoms in total. The maximum atomic E-state index is 13.1. The number of likely N-dealkylation sites (tertiary alicyclic amines) is 1. The highest BCUT2D eigenvalue weighted by Crippen LogP contribution is 2.25. The van der Waals surface area contributed by atoms with E-state index in [1.54, 1.807) is 31.9 Å². The van der Waals surface area contributed by atoms with Gasteiger partial charge < -0.3 is 30.1 Å². The standard InChI is InChI=1S/C24H36F2N6O5/c1-14(2)37-24(35)32-9-8-17(12-32)30-21(34)19-11-28-23(29-15(3)13-36-22(25)26)31-20(19)27-10-16-4-6-18(33)7-5-16/h10-11,14-18,22,33H,4-9,12-13H2,1-3H3,(H,30,34)(H,28,29,31)/t15-,16?,17-,18?/m0/s1. The summed E-state index contributed by atoms with van der Waals surface area (Å²) in [6, 6.07) is -0.784. The summed E-state index contributed by atoms with van der Waals surface area (Å²) in [6.45, 7) is 2.83. The number of aromatic nitrogens is 2. The van der Waals surface area contributed by atoms with E-state index in [0.29, 0.717) is 32.4 Å². The van der Waals surface area contributed by atoms with Crippen LogP contribution in [0.2, 0.25) is 0 Å². The molecule has 2 fully saturated rings. The predicted molar refractivity (Wildman–Crippen MR) is 132 cm³/mol. The highest BCUT2D eigenvalue weighted by atomic mass is 19.3. The topological polar surface area (TPSA) is 138 Å². The van der Waals surface area contributed by atoms with Crippen molar-refractivity contribution < 1.29 is 33.0 Å². The van der Waals surface area contributed by atoms with Crippen molar-refractivity contribution >= 4 is 30.0 Å². The van der Waals surface area contributed by atoms with Gasteiger partial charge in [0.15, 0.2) is 5.82 Å². The highest BCUT2D eigenvalue weighted by Gasteiger charge is 2.30. The fraction of sp³-hybridized carbons (Fsp3) is 0.708. The lowest BCUT2D eigenvalue weighted by atomic mass is 9.88. The van der Waals surface area contributed by atoms with Crippen molar-refractivity contribution in [3.8, 4) is 0 Å². The van der Waals surface area contributed by atoms with Crippen molar-refractivity contribution in [3.63, 3.8) is 0 Å². The predicted octanol–water partition coefficient (Wildman–Crippen LogP) is 3.12. The molecular formula is C24H36F2N6O5. The van der Waals surface area contributed by atoms with Gasteiger partial charge in [0.25, 0.3) is 5.91 Å². The molecule has 2 aliphatic rings. The molecule has 206 valence electrons. The second kappa shape index (κ2) is 13.6. The molecule has 0 spiro atoms. The van der Waals surface area contributed by atoms with Crippen LogP contribution in [0.3, 0.4) is 0 Å². The number of carbonyl (C=O) groups is 2. The van der Waals surface area contributed by atoms with Crippen molar-refractivity contribution in [2.75, 3.05) is 25.0 Å². The number of alkyl halides is 2. The molecule has 13 heteroatoms. The molecule has 1 aromatic heterocycles. The van der Waals surface area contributed by atoms with E-state index in [0.717, 1.165) is 12.8 Å². The van der Waals surface area contributed by atoms with Gasteiger partial charge in [-0.15, -0.1) is 0 Å². The number of anilines is 1. The van der Waals surface area contributed by atoms with Gasteiger partial charge in [-0.3, -0.25) is 4.79 Å². The number of carbonyl (C=O) groups excluding carboxylic acids is 2. The average Bonchev–Trinajstić information content (AvgIpc) is 3.30. The third-order valence-corrected chi connectivity index (χ3v) is 6.13. The Morgan fingerprint density at radius 3 is 2.65 bits per heavy atom. The van der Waals surface area contributed by atoms with Crippen molar-refractivity contribution in [1.29, 1.82) is 0 Å². The van der Waals surface area contributed by atoms with Crippen molar-refractivity contribution in [2.24, 2.45) is 10.9 Å². The highest BCUT2D eigenvalue weighted by molar-refractivity contribution is 5.98. The Labute approximate surface area is 215 Å². The number of hydrogen-bond donors (Lipinski definition) is 3. The van der Waals surface area contributed by atoms with Crippen LogP contribution >= 0.6 is 0 Å². The molecule has 1 aromatic rings. The molecule has 2 atom stereocenters. The molecule has 1 saturated heterocycles. The third kappa shape index (κ3) is 9.15. The van der Waals surface area contributed by atoms with Crippen LogP contribution in [-0.2, 0) is 9.47 Å². The average molecular weight is 527 g/mol. The number of nitrogens with zero attached hydrogens (tertiary/aromatic N) is 4. The van der Waals surface area contributed by atoms with Gasteiger partial charge in [0, 0.05) is 37.6 Å². The number of hydrogen-bond acceptors (Lipinski definition) is 9. The van der Waals surface area contributed by atoms with Gasteiger partial charge in [-0.25, -0.2) is 14.8 Å². The Morgan fingerprint density at radius 1 is 1.24 bits per heavy atom. The van der Waals surface area contributed by atoms with E-state index in [2.05, 4.69) is 30.3 Å². The minimum Gasteiger partial charge on any atom is -0.447 e. The molecule has 1 aliphatic carbocycles. The van der Waals surface area contributed by atoms with Gasteiger partial charge >= 0.3 is 12.7 Å². The van der Waals surface area contributed by atoms with Gasteiger partial charge in [0.1, 0.15) is 5.56 Å². The molecule has 2 amide bonds. The maximum Gasteiger partial charge on any atom is 0.410 e. The van der Waals surface area contributed by atoms with Crippen LogP contribution in [0.15, 0.2) is 11.2 Å². The van der Waals surface area contributed by atoms with E-state index in [4.69, 9.17) is 4.74 Å². The van der Waals surface area contributed by atoms with Crippen LogP contribution in [0.1, 0.15) is 63.2 Å². The van der Waals surface area contributed by atoms with E-state index < -0.39 is 24.7 Å². The lowest BCUT2D eigenvalue weighted by molar-refractivity contribution is -0.130. The van der Waals surface area contributed by atoms with Gasteiger partial charge in [0.05, 0.1) is 18.8 Å². The summed E-state index contributed by atoms with van der Waals surface area (Å²) in [7, 11) is 0. The first-order chi connectivity index (χ1) is 17.6. The summed E-state index contributed by atoms with van der Waals surface area (Å²) in [5, 5.41) is 15.5. The van der Waals surface area contributed by atoms with Crippen LogP contribution in [0.25, 0.3) is 0 Å². The zero-order chi connectivity index (χ0) is 26.9. The normalized spacial score (nSPS) is 23.0. The number of amides is 2. The van der Waals surface area contributed by atoms with Crippen molar-refractivity contribution in [3.05, 3.63) is 11.8 Å². The number of rotatable bonds is 10. The molecule has 3 rings (SSSR count). The van der Waals surface area contributed by atoms with Crippen LogP contribution in [-0.4, -0.2) is 88.8 Å². The molecular weight excluding hydrogens is 490 g/mol. The zero-order valence-electron chi connectivity index (χ0n) is 21.4. The number of aliphatic hydroxyl groups excluding tert-OH is 1. The molecule has 1 saturated carbocycles. The lowest BCUT2D eigenvalue weighted by Crippen LogP contribution is -2.39. The Balaban J connectivity index is 1.71. The largest absolute Gasteiger partial charge is 0.447 e. The summed E-state index contributed by atoms with van der Waals surface area (Å²) in [6.07, 6.45) is 5.59. The number of nitrogens with one attached hydrogen (secondary N) is 2. The zero-order valence-corrected chi connectivity index (χ0v) is 21.4. The number of aliphatic imine (C=N–C) groups is 1. The van der Waals surface area contributed by atoms with Crippen LogP contribution in [0, 0.1) is 5.92 Å². The van der Waals surface area contributed by atoms with Crippen LogP contribution < -0.4 is 10.6 Å². The first-order valence-electron chi connectivity index (χ1n) is 12.6. The monoisotopic (exact) mass is 526 g/mol. The smallest absolute Gasteiger partial charge is 0.410 e. The third-order valence-electron chi connectivity index (χ3n) is 6.13. The molecule has 37 heavy (non-hydrogen) atoms.